The van der Waals surface area contributed by atoms with Crippen LogP contribution in [0.15, 0.2) is 30.3 Å². The van der Waals surface area contributed by atoms with Crippen molar-refractivity contribution in [2.45, 2.75) is 19.8 Å². The number of aryl methyl sites for hydroxylation is 1. The molecule has 1 atom stereocenters. The average Bonchev–Trinajstić information content (AvgIpc) is 2.67. The van der Waals surface area contributed by atoms with Crippen LogP contribution in [0.5, 0.6) is 0 Å². The van der Waals surface area contributed by atoms with Gasteiger partial charge in [-0.15, -0.1) is 0 Å². The van der Waals surface area contributed by atoms with Crippen molar-refractivity contribution in [3.8, 4) is 0 Å². The Morgan fingerprint density at radius 2 is 2.11 bits per heavy atom. The van der Waals surface area contributed by atoms with Gasteiger partial charge in [-0.1, -0.05) is 18.2 Å². The van der Waals surface area contributed by atoms with E-state index in [1.807, 2.05) is 37.3 Å². The third kappa shape index (κ3) is 2.21. The van der Waals surface area contributed by atoms with Crippen LogP contribution in [0.25, 0.3) is 10.9 Å². The molecule has 2 amide bonds. The zero-order valence-corrected chi connectivity index (χ0v) is 10.6. The Bertz CT molecular complexity index is 679. The van der Waals surface area contributed by atoms with E-state index < -0.39 is 0 Å². The van der Waals surface area contributed by atoms with Gasteiger partial charge in [0, 0.05) is 17.5 Å². The molecule has 2 aromatic rings. The van der Waals surface area contributed by atoms with E-state index in [9.17, 15) is 9.59 Å². The van der Waals surface area contributed by atoms with Crippen LogP contribution in [-0.4, -0.2) is 16.8 Å². The Labute approximate surface area is 110 Å². The van der Waals surface area contributed by atoms with E-state index in [0.29, 0.717) is 6.42 Å². The van der Waals surface area contributed by atoms with Crippen molar-refractivity contribution in [1.29, 1.82) is 0 Å². The fraction of sp³-hybridized carbons (Fsp3) is 0.267. The summed E-state index contributed by atoms with van der Waals surface area (Å²) in [5, 5.41) is 3.41. The molecule has 1 saturated heterocycles. The summed E-state index contributed by atoms with van der Waals surface area (Å²) in [6, 6.07) is 9.88. The van der Waals surface area contributed by atoms with Crippen molar-refractivity contribution >= 4 is 22.7 Å². The summed E-state index contributed by atoms with van der Waals surface area (Å²) in [6.45, 7) is 1.94. The topological polar surface area (TPSA) is 59.1 Å². The summed E-state index contributed by atoms with van der Waals surface area (Å²) in [4.78, 5) is 27.4. The molecular weight excluding hydrogens is 240 g/mol. The second-order valence-electron chi connectivity index (χ2n) is 4.96. The molecule has 96 valence electrons. The van der Waals surface area contributed by atoms with Gasteiger partial charge in [0.25, 0.3) is 0 Å². The number of hydrogen-bond acceptors (Lipinski definition) is 3. The van der Waals surface area contributed by atoms with Gasteiger partial charge in [0.2, 0.25) is 11.8 Å². The van der Waals surface area contributed by atoms with E-state index in [2.05, 4.69) is 10.3 Å². The number of pyridine rings is 1. The maximum atomic E-state index is 11.7. The van der Waals surface area contributed by atoms with Crippen LogP contribution in [0.2, 0.25) is 0 Å². The average molecular weight is 254 g/mol. The first kappa shape index (κ1) is 11.8. The third-order valence-electron chi connectivity index (χ3n) is 3.46. The maximum absolute atomic E-state index is 11.7. The summed E-state index contributed by atoms with van der Waals surface area (Å²) < 4.78 is 0. The zero-order chi connectivity index (χ0) is 13.4. The van der Waals surface area contributed by atoms with Crippen molar-refractivity contribution in [1.82, 2.24) is 10.3 Å². The van der Waals surface area contributed by atoms with Crippen LogP contribution in [0, 0.1) is 12.8 Å². The fourth-order valence-electron chi connectivity index (χ4n) is 2.60. The highest BCUT2D eigenvalue weighted by molar-refractivity contribution is 6.03. The number of aromatic nitrogens is 1. The Hall–Kier alpha value is -2.23. The molecule has 0 aliphatic carbocycles. The number of rotatable bonds is 2. The number of carbonyl (C=O) groups is 2. The number of imide groups is 1. The van der Waals surface area contributed by atoms with Crippen LogP contribution in [0.3, 0.4) is 0 Å². The van der Waals surface area contributed by atoms with E-state index in [0.717, 1.165) is 22.2 Å². The summed E-state index contributed by atoms with van der Waals surface area (Å²) in [7, 11) is 0. The van der Waals surface area contributed by atoms with E-state index in [4.69, 9.17) is 0 Å². The maximum Gasteiger partial charge on any atom is 0.230 e. The van der Waals surface area contributed by atoms with E-state index in [-0.39, 0.29) is 24.2 Å². The van der Waals surface area contributed by atoms with E-state index in [1.165, 1.54) is 0 Å². The molecule has 4 heteroatoms. The molecule has 1 aromatic heterocycles. The quantitative estimate of drug-likeness (QED) is 0.830. The Morgan fingerprint density at radius 3 is 2.84 bits per heavy atom. The van der Waals surface area contributed by atoms with Crippen LogP contribution in [0.4, 0.5) is 0 Å². The van der Waals surface area contributed by atoms with Crippen molar-refractivity contribution in [2.75, 3.05) is 0 Å². The Balaban J connectivity index is 2.01. The van der Waals surface area contributed by atoms with Gasteiger partial charge < -0.3 is 0 Å². The van der Waals surface area contributed by atoms with Gasteiger partial charge in [0.15, 0.2) is 0 Å². The van der Waals surface area contributed by atoms with Gasteiger partial charge in [-0.25, -0.2) is 0 Å². The molecule has 0 spiro atoms. The zero-order valence-electron chi connectivity index (χ0n) is 10.6. The summed E-state index contributed by atoms with van der Waals surface area (Å²) in [6.07, 6.45) is 0.871. The predicted octanol–water partition coefficient (Wildman–Crippen LogP) is 1.75. The minimum Gasteiger partial charge on any atom is -0.296 e. The number of carbonyl (C=O) groups excluding carboxylic acids is 2. The lowest BCUT2D eigenvalue weighted by Crippen LogP contribution is -2.22. The number of fused-ring (bicyclic) bond motifs is 1. The number of nitrogens with zero attached hydrogens (tertiary/aromatic N) is 1. The van der Waals surface area contributed by atoms with Crippen LogP contribution in [0.1, 0.15) is 17.7 Å². The number of para-hydroxylation sites is 1. The van der Waals surface area contributed by atoms with Crippen LogP contribution in [-0.2, 0) is 16.0 Å². The van der Waals surface area contributed by atoms with Gasteiger partial charge in [0.1, 0.15) is 0 Å². The largest absolute Gasteiger partial charge is 0.296 e. The molecule has 0 radical (unpaired) electrons. The number of hydrogen-bond donors (Lipinski definition) is 1. The molecule has 0 bridgehead atoms. The van der Waals surface area contributed by atoms with Gasteiger partial charge in [-0.2, -0.15) is 0 Å². The van der Waals surface area contributed by atoms with Gasteiger partial charge in [0.05, 0.1) is 11.4 Å². The standard InChI is InChI=1S/C15H14N2O2/c1-9-6-10(7-11-8-14(18)17-15(11)19)12-4-2-3-5-13(12)16-9/h2-6,11H,7-8H2,1H3,(H,17,18,19). The Morgan fingerprint density at radius 1 is 1.32 bits per heavy atom. The van der Waals surface area contributed by atoms with E-state index >= 15 is 0 Å². The van der Waals surface area contributed by atoms with Crippen molar-refractivity contribution in [3.05, 3.63) is 41.6 Å². The third-order valence-corrected chi connectivity index (χ3v) is 3.46. The first-order valence-electron chi connectivity index (χ1n) is 6.32. The second-order valence-corrected chi connectivity index (χ2v) is 4.96. The molecule has 4 nitrogen and oxygen atoms in total. The molecule has 1 unspecified atom stereocenters. The first-order chi connectivity index (χ1) is 9.13. The van der Waals surface area contributed by atoms with Crippen LogP contribution < -0.4 is 5.32 Å². The monoisotopic (exact) mass is 254 g/mol. The van der Waals surface area contributed by atoms with Crippen molar-refractivity contribution < 1.29 is 9.59 Å². The first-order valence-corrected chi connectivity index (χ1v) is 6.32. The second kappa shape index (κ2) is 4.46. The molecule has 1 N–H and O–H groups in total. The minimum atomic E-state index is -0.252. The van der Waals surface area contributed by atoms with Gasteiger partial charge >= 0.3 is 0 Å². The summed E-state index contributed by atoms with van der Waals surface area (Å²) in [5.74, 6) is -0.591. The molecule has 1 fully saturated rings. The lowest BCUT2D eigenvalue weighted by molar-refractivity contribution is -0.125. The number of nitrogens with one attached hydrogen (secondary N) is 1. The van der Waals surface area contributed by atoms with Crippen LogP contribution >= 0.6 is 0 Å². The molecule has 3 rings (SSSR count). The lowest BCUT2D eigenvalue weighted by atomic mass is 9.95. The fourth-order valence-corrected chi connectivity index (χ4v) is 2.60. The SMILES string of the molecule is Cc1cc(CC2CC(=O)NC2=O)c2ccccc2n1. The lowest BCUT2D eigenvalue weighted by Gasteiger charge is -2.10. The molecule has 19 heavy (non-hydrogen) atoms. The van der Waals surface area contributed by atoms with Gasteiger partial charge in [-0.3, -0.25) is 19.9 Å². The Kier molecular flexibility index (Phi) is 2.78. The highest BCUT2D eigenvalue weighted by atomic mass is 16.2. The molecule has 0 saturated carbocycles. The summed E-state index contributed by atoms with van der Waals surface area (Å²) in [5.41, 5.74) is 2.94. The molecular formula is C15H14N2O2. The highest BCUT2D eigenvalue weighted by Crippen LogP contribution is 2.24. The molecule has 1 aromatic carbocycles. The van der Waals surface area contributed by atoms with E-state index in [1.54, 1.807) is 0 Å². The normalized spacial score (nSPS) is 18.9. The predicted molar refractivity (Wildman–Crippen MR) is 71.4 cm³/mol. The minimum absolute atomic E-state index is 0.163. The number of amides is 2. The molecule has 1 aliphatic heterocycles. The summed E-state index contributed by atoms with van der Waals surface area (Å²) >= 11 is 0. The van der Waals surface area contributed by atoms with Crippen molar-refractivity contribution in [2.24, 2.45) is 5.92 Å². The highest BCUT2D eigenvalue weighted by Gasteiger charge is 2.30. The van der Waals surface area contributed by atoms with Gasteiger partial charge in [-0.05, 0) is 31.0 Å². The number of benzene rings is 1. The molecule has 2 heterocycles. The smallest absolute Gasteiger partial charge is 0.230 e. The van der Waals surface area contributed by atoms with Crippen molar-refractivity contribution in [3.63, 3.8) is 0 Å². The molecule has 1 aliphatic rings.